The van der Waals surface area contributed by atoms with Gasteiger partial charge in [0.15, 0.2) is 0 Å². The predicted molar refractivity (Wildman–Crippen MR) is 91.1 cm³/mol. The zero-order valence-corrected chi connectivity index (χ0v) is 13.8. The zero-order valence-electron chi connectivity index (χ0n) is 12.2. The summed E-state index contributed by atoms with van der Waals surface area (Å²) in [5.41, 5.74) is 11.0. The number of fused-ring (bicyclic) bond motifs is 1. The second kappa shape index (κ2) is 5.28. The Morgan fingerprint density at radius 1 is 1.19 bits per heavy atom. The normalized spacial score (nSPS) is 11.2. The zero-order chi connectivity index (χ0) is 15.1. The molecule has 5 heteroatoms. The fourth-order valence-corrected chi connectivity index (χ4v) is 3.86. The topological polar surface area (TPSA) is 51.8 Å². The van der Waals surface area contributed by atoms with Crippen LogP contribution in [0.25, 0.3) is 21.3 Å². The standard InChI is InChI=1S/C16H16ClN3S/c1-4-11-12(10-6-5-8(2)9(3)7-10)13-14(18)19-16(17)20-15(13)21-11/h5-7H,4H2,1-3H3,(H2,18,19,20). The Kier molecular flexibility index (Phi) is 3.59. The van der Waals surface area contributed by atoms with E-state index in [0.717, 1.165) is 22.2 Å². The highest BCUT2D eigenvalue weighted by atomic mass is 35.5. The fraction of sp³-hybridized carbons (Fsp3) is 0.250. The van der Waals surface area contributed by atoms with Crippen molar-refractivity contribution in [2.45, 2.75) is 27.2 Å². The minimum Gasteiger partial charge on any atom is -0.383 e. The Bertz CT molecular complexity index is 839. The van der Waals surface area contributed by atoms with Crippen LogP contribution < -0.4 is 5.73 Å². The number of benzene rings is 1. The van der Waals surface area contributed by atoms with Crippen LogP contribution in [0, 0.1) is 13.8 Å². The van der Waals surface area contributed by atoms with Crippen molar-refractivity contribution in [1.82, 2.24) is 9.97 Å². The SMILES string of the molecule is CCc1sc2nc(Cl)nc(N)c2c1-c1ccc(C)c(C)c1. The molecule has 3 aromatic rings. The minimum atomic E-state index is 0.204. The maximum absolute atomic E-state index is 6.10. The van der Waals surface area contributed by atoms with Crippen LogP contribution in [0.15, 0.2) is 18.2 Å². The summed E-state index contributed by atoms with van der Waals surface area (Å²) in [6.45, 7) is 6.37. The van der Waals surface area contributed by atoms with Crippen molar-refractivity contribution in [3.8, 4) is 11.1 Å². The molecule has 0 spiro atoms. The minimum absolute atomic E-state index is 0.204. The van der Waals surface area contributed by atoms with Gasteiger partial charge in [-0.1, -0.05) is 25.1 Å². The van der Waals surface area contributed by atoms with Crippen molar-refractivity contribution in [1.29, 1.82) is 0 Å². The summed E-state index contributed by atoms with van der Waals surface area (Å²) in [6.07, 6.45) is 0.931. The number of nitrogens with two attached hydrogens (primary N) is 1. The lowest BCUT2D eigenvalue weighted by atomic mass is 9.98. The van der Waals surface area contributed by atoms with Crippen LogP contribution in [0.4, 0.5) is 5.82 Å². The number of anilines is 1. The molecule has 0 fully saturated rings. The molecule has 0 saturated heterocycles. The molecule has 0 aliphatic rings. The van der Waals surface area contributed by atoms with E-state index in [1.807, 2.05) is 0 Å². The van der Waals surface area contributed by atoms with E-state index in [1.165, 1.54) is 21.6 Å². The number of aryl methyl sites for hydroxylation is 3. The molecule has 1 aromatic carbocycles. The summed E-state index contributed by atoms with van der Waals surface area (Å²) in [5.74, 6) is 0.453. The third kappa shape index (κ3) is 2.39. The van der Waals surface area contributed by atoms with E-state index in [-0.39, 0.29) is 5.28 Å². The third-order valence-electron chi connectivity index (χ3n) is 3.74. The van der Waals surface area contributed by atoms with E-state index >= 15 is 0 Å². The molecule has 108 valence electrons. The summed E-state index contributed by atoms with van der Waals surface area (Å²) < 4.78 is 0. The number of nitrogen functional groups attached to an aromatic ring is 1. The maximum atomic E-state index is 6.10. The molecule has 0 saturated carbocycles. The van der Waals surface area contributed by atoms with Gasteiger partial charge in [-0.2, -0.15) is 0 Å². The number of nitrogens with zero attached hydrogens (tertiary/aromatic N) is 2. The Balaban J connectivity index is 2.37. The molecular formula is C16H16ClN3S. The Morgan fingerprint density at radius 2 is 1.95 bits per heavy atom. The van der Waals surface area contributed by atoms with Crippen LogP contribution >= 0.6 is 22.9 Å². The molecule has 0 amide bonds. The lowest BCUT2D eigenvalue weighted by Gasteiger charge is -2.08. The van der Waals surface area contributed by atoms with Gasteiger partial charge in [-0.15, -0.1) is 11.3 Å². The van der Waals surface area contributed by atoms with Crippen LogP contribution in [0.5, 0.6) is 0 Å². The largest absolute Gasteiger partial charge is 0.383 e. The van der Waals surface area contributed by atoms with Crippen LogP contribution in [-0.4, -0.2) is 9.97 Å². The summed E-state index contributed by atoms with van der Waals surface area (Å²) in [7, 11) is 0. The van der Waals surface area contributed by atoms with Crippen LogP contribution in [0.3, 0.4) is 0 Å². The molecule has 0 bridgehead atoms. The van der Waals surface area contributed by atoms with Crippen molar-refractivity contribution in [3.63, 3.8) is 0 Å². The summed E-state index contributed by atoms with van der Waals surface area (Å²) in [5, 5.41) is 1.13. The first-order chi connectivity index (χ1) is 10.0. The monoisotopic (exact) mass is 317 g/mol. The molecule has 2 aromatic heterocycles. The molecule has 0 atom stereocenters. The molecule has 0 radical (unpaired) electrons. The van der Waals surface area contributed by atoms with Crippen LogP contribution in [0.1, 0.15) is 22.9 Å². The first kappa shape index (κ1) is 14.3. The fourth-order valence-electron chi connectivity index (χ4n) is 2.50. The quantitative estimate of drug-likeness (QED) is 0.692. The van der Waals surface area contributed by atoms with Crippen molar-refractivity contribution >= 4 is 39.0 Å². The van der Waals surface area contributed by atoms with Gasteiger partial charge in [0.2, 0.25) is 5.28 Å². The second-order valence-corrected chi connectivity index (χ2v) is 6.53. The second-order valence-electron chi connectivity index (χ2n) is 5.11. The first-order valence-corrected chi connectivity index (χ1v) is 8.02. The highest BCUT2D eigenvalue weighted by molar-refractivity contribution is 7.19. The molecular weight excluding hydrogens is 302 g/mol. The van der Waals surface area contributed by atoms with Gasteiger partial charge >= 0.3 is 0 Å². The summed E-state index contributed by atoms with van der Waals surface area (Å²) in [6, 6.07) is 6.47. The highest BCUT2D eigenvalue weighted by Gasteiger charge is 2.18. The van der Waals surface area contributed by atoms with Gasteiger partial charge in [-0.3, -0.25) is 0 Å². The molecule has 21 heavy (non-hydrogen) atoms. The van der Waals surface area contributed by atoms with Gasteiger partial charge < -0.3 is 5.73 Å². The van der Waals surface area contributed by atoms with Gasteiger partial charge in [-0.05, 0) is 48.6 Å². The number of hydrogen-bond donors (Lipinski definition) is 1. The van der Waals surface area contributed by atoms with Gasteiger partial charge in [-0.25, -0.2) is 9.97 Å². The molecule has 0 aliphatic heterocycles. The number of halogens is 1. The number of hydrogen-bond acceptors (Lipinski definition) is 4. The highest BCUT2D eigenvalue weighted by Crippen LogP contribution is 2.41. The Hall–Kier alpha value is -1.65. The molecule has 3 nitrogen and oxygen atoms in total. The van der Waals surface area contributed by atoms with Gasteiger partial charge in [0, 0.05) is 10.4 Å². The van der Waals surface area contributed by atoms with E-state index < -0.39 is 0 Å². The molecule has 3 rings (SSSR count). The summed E-state index contributed by atoms with van der Waals surface area (Å²) in [4.78, 5) is 10.6. The van der Waals surface area contributed by atoms with Gasteiger partial charge in [0.25, 0.3) is 0 Å². The average Bonchev–Trinajstić information content (AvgIpc) is 2.80. The van der Waals surface area contributed by atoms with Gasteiger partial charge in [0.05, 0.1) is 5.39 Å². The van der Waals surface area contributed by atoms with Crippen molar-refractivity contribution in [2.24, 2.45) is 0 Å². The first-order valence-electron chi connectivity index (χ1n) is 6.83. The number of thiophene rings is 1. The van der Waals surface area contributed by atoms with E-state index in [9.17, 15) is 0 Å². The van der Waals surface area contributed by atoms with Gasteiger partial charge in [0.1, 0.15) is 10.6 Å². The average molecular weight is 318 g/mol. The van der Waals surface area contributed by atoms with E-state index in [0.29, 0.717) is 5.82 Å². The molecule has 0 unspecified atom stereocenters. The van der Waals surface area contributed by atoms with E-state index in [4.69, 9.17) is 17.3 Å². The van der Waals surface area contributed by atoms with Crippen molar-refractivity contribution < 1.29 is 0 Å². The van der Waals surface area contributed by atoms with Crippen LogP contribution in [-0.2, 0) is 6.42 Å². The number of aromatic nitrogens is 2. The van der Waals surface area contributed by atoms with E-state index in [1.54, 1.807) is 11.3 Å². The predicted octanol–water partition coefficient (Wildman–Crippen LogP) is 4.77. The van der Waals surface area contributed by atoms with Crippen LogP contribution in [0.2, 0.25) is 5.28 Å². The third-order valence-corrected chi connectivity index (χ3v) is 5.14. The lowest BCUT2D eigenvalue weighted by molar-refractivity contribution is 1.19. The van der Waals surface area contributed by atoms with Crippen molar-refractivity contribution in [2.75, 3.05) is 5.73 Å². The Labute approximate surface area is 132 Å². The molecule has 2 heterocycles. The smallest absolute Gasteiger partial charge is 0.225 e. The van der Waals surface area contributed by atoms with E-state index in [2.05, 4.69) is 48.9 Å². The Morgan fingerprint density at radius 3 is 2.62 bits per heavy atom. The molecule has 0 aliphatic carbocycles. The van der Waals surface area contributed by atoms with Crippen molar-refractivity contribution in [3.05, 3.63) is 39.5 Å². The maximum Gasteiger partial charge on any atom is 0.225 e. The molecule has 2 N–H and O–H groups in total. The number of rotatable bonds is 2. The summed E-state index contributed by atoms with van der Waals surface area (Å²) >= 11 is 7.57. The lowest BCUT2D eigenvalue weighted by Crippen LogP contribution is -1.94.